The molecule has 1 aromatic heterocycles. The molecule has 5 heteroatoms. The number of hydrogen-bond acceptors (Lipinski definition) is 2. The van der Waals surface area contributed by atoms with E-state index in [-0.39, 0.29) is 0 Å². The maximum absolute atomic E-state index is 12.5. The first-order valence-corrected chi connectivity index (χ1v) is 7.20. The Morgan fingerprint density at radius 3 is 2.35 bits per heavy atom. The molecule has 0 bridgehead atoms. The maximum Gasteiger partial charge on any atom is 0.417 e. The lowest BCUT2D eigenvalue weighted by molar-refractivity contribution is -0.137. The largest absolute Gasteiger partial charge is 0.417 e. The van der Waals surface area contributed by atoms with Crippen LogP contribution in [-0.2, 0) is 12.6 Å². The van der Waals surface area contributed by atoms with Gasteiger partial charge in [-0.05, 0) is 55.6 Å². The second-order valence-corrected chi connectivity index (χ2v) is 6.29. The summed E-state index contributed by atoms with van der Waals surface area (Å²) in [7, 11) is 0. The van der Waals surface area contributed by atoms with E-state index in [1.165, 1.54) is 31.7 Å². The SMILES string of the molecule is FC(F)(F)c1ccc(CC2CCC3(CC2)CNC3)nc1. The van der Waals surface area contributed by atoms with Crippen LogP contribution >= 0.6 is 0 Å². The van der Waals surface area contributed by atoms with Crippen LogP contribution in [0.4, 0.5) is 13.2 Å². The van der Waals surface area contributed by atoms with Crippen LogP contribution in [0.3, 0.4) is 0 Å². The van der Waals surface area contributed by atoms with E-state index in [4.69, 9.17) is 0 Å². The number of nitrogens with zero attached hydrogens (tertiary/aromatic N) is 1. The predicted octanol–water partition coefficient (Wildman–Crippen LogP) is 3.42. The summed E-state index contributed by atoms with van der Waals surface area (Å²) in [6.45, 7) is 2.27. The molecule has 0 amide bonds. The number of halogens is 3. The number of hydrogen-bond donors (Lipinski definition) is 1. The third-order valence-corrected chi connectivity index (χ3v) is 4.82. The van der Waals surface area contributed by atoms with Crippen LogP contribution in [-0.4, -0.2) is 18.1 Å². The molecule has 0 radical (unpaired) electrons. The summed E-state index contributed by atoms with van der Waals surface area (Å²) in [5.41, 5.74) is 0.652. The van der Waals surface area contributed by atoms with Crippen LogP contribution in [0.25, 0.3) is 0 Å². The molecular weight excluding hydrogens is 265 g/mol. The van der Waals surface area contributed by atoms with E-state index in [0.717, 1.165) is 37.5 Å². The Morgan fingerprint density at radius 1 is 1.20 bits per heavy atom. The second-order valence-electron chi connectivity index (χ2n) is 6.29. The molecule has 1 aromatic rings. The fourth-order valence-corrected chi connectivity index (χ4v) is 3.33. The Balaban J connectivity index is 1.56. The van der Waals surface area contributed by atoms with Crippen LogP contribution in [0.15, 0.2) is 18.3 Å². The van der Waals surface area contributed by atoms with Crippen molar-refractivity contribution in [3.8, 4) is 0 Å². The third kappa shape index (κ3) is 2.82. The molecule has 1 N–H and O–H groups in total. The molecule has 2 aliphatic rings. The average Bonchev–Trinajstić information content (AvgIpc) is 2.37. The Morgan fingerprint density at radius 2 is 1.90 bits per heavy atom. The maximum atomic E-state index is 12.5. The molecule has 1 saturated heterocycles. The molecule has 0 atom stereocenters. The zero-order chi connectivity index (χ0) is 14.2. The molecule has 0 unspecified atom stereocenters. The van der Waals surface area contributed by atoms with Crippen molar-refractivity contribution in [3.63, 3.8) is 0 Å². The predicted molar refractivity (Wildman–Crippen MR) is 70.2 cm³/mol. The molecule has 110 valence electrons. The lowest BCUT2D eigenvalue weighted by Gasteiger charge is -2.47. The second kappa shape index (κ2) is 5.02. The topological polar surface area (TPSA) is 24.9 Å². The molecule has 2 nitrogen and oxygen atoms in total. The van der Waals surface area contributed by atoms with E-state index in [1.807, 2.05) is 0 Å². The molecule has 3 rings (SSSR count). The fraction of sp³-hybridized carbons (Fsp3) is 0.667. The third-order valence-electron chi connectivity index (χ3n) is 4.82. The van der Waals surface area contributed by atoms with Crippen molar-refractivity contribution in [3.05, 3.63) is 29.6 Å². The number of aromatic nitrogens is 1. The van der Waals surface area contributed by atoms with Gasteiger partial charge in [0.05, 0.1) is 5.56 Å². The van der Waals surface area contributed by atoms with Crippen LogP contribution in [0.2, 0.25) is 0 Å². The highest BCUT2D eigenvalue weighted by Crippen LogP contribution is 2.42. The van der Waals surface area contributed by atoms with E-state index in [2.05, 4.69) is 10.3 Å². The van der Waals surface area contributed by atoms with E-state index in [0.29, 0.717) is 11.3 Å². The van der Waals surface area contributed by atoms with Crippen molar-refractivity contribution in [2.45, 2.75) is 38.3 Å². The molecule has 1 aliphatic heterocycles. The van der Waals surface area contributed by atoms with Gasteiger partial charge in [0.25, 0.3) is 0 Å². The molecule has 2 heterocycles. The summed E-state index contributed by atoms with van der Waals surface area (Å²) in [6, 6.07) is 2.67. The van der Waals surface area contributed by atoms with Gasteiger partial charge in [0.15, 0.2) is 0 Å². The Labute approximate surface area is 116 Å². The van der Waals surface area contributed by atoms with Crippen LogP contribution < -0.4 is 5.32 Å². The van der Waals surface area contributed by atoms with Gasteiger partial charge in [-0.3, -0.25) is 4.98 Å². The minimum Gasteiger partial charge on any atom is -0.316 e. The lowest BCUT2D eigenvalue weighted by atomic mass is 9.66. The highest BCUT2D eigenvalue weighted by Gasteiger charge is 2.40. The van der Waals surface area contributed by atoms with Gasteiger partial charge in [-0.25, -0.2) is 0 Å². The summed E-state index contributed by atoms with van der Waals surface area (Å²) in [4.78, 5) is 3.98. The Kier molecular flexibility index (Phi) is 3.48. The minimum absolute atomic E-state index is 0.532. The number of pyridine rings is 1. The first-order valence-electron chi connectivity index (χ1n) is 7.20. The van der Waals surface area contributed by atoms with E-state index >= 15 is 0 Å². The average molecular weight is 284 g/mol. The molecule has 20 heavy (non-hydrogen) atoms. The number of rotatable bonds is 2. The summed E-state index contributed by atoms with van der Waals surface area (Å²) in [5.74, 6) is 0.575. The number of alkyl halides is 3. The fourth-order valence-electron chi connectivity index (χ4n) is 3.33. The highest BCUT2D eigenvalue weighted by molar-refractivity contribution is 5.17. The quantitative estimate of drug-likeness (QED) is 0.900. The summed E-state index contributed by atoms with van der Waals surface area (Å²) in [6.07, 6.45) is 2.29. The zero-order valence-electron chi connectivity index (χ0n) is 11.3. The normalized spacial score (nSPS) is 22.8. The van der Waals surface area contributed by atoms with Crippen LogP contribution in [0, 0.1) is 11.3 Å². The van der Waals surface area contributed by atoms with Gasteiger partial charge in [0.1, 0.15) is 0 Å². The van der Waals surface area contributed by atoms with Crippen molar-refractivity contribution >= 4 is 0 Å². The molecule has 1 spiro atoms. The van der Waals surface area contributed by atoms with E-state index in [9.17, 15) is 13.2 Å². The molecule has 2 fully saturated rings. The van der Waals surface area contributed by atoms with Crippen molar-refractivity contribution in [1.82, 2.24) is 10.3 Å². The standard InChI is InChI=1S/C15H19F3N2/c16-15(17,18)12-1-2-13(20-8-12)7-11-3-5-14(6-4-11)9-19-10-14/h1-2,8,11,19H,3-7,9-10H2. The minimum atomic E-state index is -4.29. The van der Waals surface area contributed by atoms with Gasteiger partial charge in [-0.15, -0.1) is 0 Å². The van der Waals surface area contributed by atoms with Gasteiger partial charge >= 0.3 is 6.18 Å². The van der Waals surface area contributed by atoms with Crippen molar-refractivity contribution < 1.29 is 13.2 Å². The first-order chi connectivity index (χ1) is 9.47. The molecular formula is C15H19F3N2. The van der Waals surface area contributed by atoms with Crippen LogP contribution in [0.1, 0.15) is 36.9 Å². The number of nitrogens with one attached hydrogen (secondary N) is 1. The molecule has 0 aromatic carbocycles. The van der Waals surface area contributed by atoms with Gasteiger partial charge in [-0.1, -0.05) is 0 Å². The monoisotopic (exact) mass is 284 g/mol. The van der Waals surface area contributed by atoms with Crippen molar-refractivity contribution in [1.29, 1.82) is 0 Å². The molecule has 1 aliphatic carbocycles. The smallest absolute Gasteiger partial charge is 0.316 e. The Hall–Kier alpha value is -1.10. The highest BCUT2D eigenvalue weighted by atomic mass is 19.4. The van der Waals surface area contributed by atoms with E-state index in [1.54, 1.807) is 0 Å². The van der Waals surface area contributed by atoms with Gasteiger partial charge < -0.3 is 5.32 Å². The lowest BCUT2D eigenvalue weighted by Crippen LogP contribution is -2.54. The molecule has 1 saturated carbocycles. The summed E-state index contributed by atoms with van der Waals surface area (Å²) >= 11 is 0. The van der Waals surface area contributed by atoms with Gasteiger partial charge in [0, 0.05) is 25.0 Å². The first kappa shape index (κ1) is 13.9. The van der Waals surface area contributed by atoms with E-state index < -0.39 is 11.7 Å². The van der Waals surface area contributed by atoms with Gasteiger partial charge in [0.2, 0.25) is 0 Å². The van der Waals surface area contributed by atoms with Crippen LogP contribution in [0.5, 0.6) is 0 Å². The van der Waals surface area contributed by atoms with Gasteiger partial charge in [-0.2, -0.15) is 13.2 Å². The summed E-state index contributed by atoms with van der Waals surface area (Å²) < 4.78 is 37.4. The Bertz CT molecular complexity index is 453. The zero-order valence-corrected chi connectivity index (χ0v) is 11.3. The summed E-state index contributed by atoms with van der Waals surface area (Å²) in [5, 5.41) is 3.34. The van der Waals surface area contributed by atoms with Crippen molar-refractivity contribution in [2.75, 3.05) is 13.1 Å². The van der Waals surface area contributed by atoms with Crippen molar-refractivity contribution in [2.24, 2.45) is 11.3 Å².